The van der Waals surface area contributed by atoms with Crippen LogP contribution in [0.5, 0.6) is 0 Å². The molecule has 2 aromatic heterocycles. The fourth-order valence-corrected chi connectivity index (χ4v) is 6.87. The fraction of sp³-hybridized carbons (Fsp3) is 0.125. The standard InChI is InChI=1S/C32H21N3/c1-2-4-25-18(3-1)9-22-14-27-23(13-26(22)25)11-21-12-24-15-29-32-20(6-8-34-29)10-19-5-7-33-17-31(19)35(32)30(24)16-28(21)27/h1-8,12-14,16-17H,9-11,15H2. The molecule has 0 N–H and O–H groups in total. The van der Waals surface area contributed by atoms with Gasteiger partial charge in [-0.15, -0.1) is 0 Å². The Morgan fingerprint density at radius 2 is 1.29 bits per heavy atom. The molecule has 5 aromatic rings. The second-order valence-corrected chi connectivity index (χ2v) is 10.3. The van der Waals surface area contributed by atoms with Gasteiger partial charge in [0.1, 0.15) is 0 Å². The van der Waals surface area contributed by atoms with Gasteiger partial charge >= 0.3 is 0 Å². The Balaban J connectivity index is 1.25. The number of nitrogens with zero attached hydrogens (tertiary/aromatic N) is 3. The molecule has 9 rings (SSSR count). The van der Waals surface area contributed by atoms with E-state index in [2.05, 4.69) is 70.5 Å². The summed E-state index contributed by atoms with van der Waals surface area (Å²) in [5.41, 5.74) is 20.4. The van der Waals surface area contributed by atoms with E-state index in [9.17, 15) is 0 Å². The molecule has 3 aromatic carbocycles. The third-order valence-electron chi connectivity index (χ3n) is 8.41. The van der Waals surface area contributed by atoms with E-state index in [4.69, 9.17) is 4.98 Å². The molecule has 4 aliphatic rings. The first kappa shape index (κ1) is 18.1. The molecule has 0 atom stereocenters. The van der Waals surface area contributed by atoms with E-state index in [1.54, 1.807) is 0 Å². The summed E-state index contributed by atoms with van der Waals surface area (Å²) in [5.74, 6) is 0. The highest BCUT2D eigenvalue weighted by atomic mass is 15.2. The summed E-state index contributed by atoms with van der Waals surface area (Å²) in [4.78, 5) is 11.8. The lowest BCUT2D eigenvalue weighted by molar-refractivity contribution is 0.953. The number of hydrogen-bond donors (Lipinski definition) is 0. The van der Waals surface area contributed by atoms with Gasteiger partial charge in [0.2, 0.25) is 0 Å². The minimum Gasteiger partial charge on any atom is -0.306 e. The van der Waals surface area contributed by atoms with Crippen LogP contribution in [0.4, 0.5) is 17.1 Å². The number of aromatic nitrogens is 2. The van der Waals surface area contributed by atoms with Gasteiger partial charge in [-0.05, 0) is 104 Å². The van der Waals surface area contributed by atoms with Crippen molar-refractivity contribution in [2.24, 2.45) is 0 Å². The monoisotopic (exact) mass is 447 g/mol. The molecule has 0 fully saturated rings. The molecule has 2 aliphatic carbocycles. The Morgan fingerprint density at radius 1 is 0.543 bits per heavy atom. The van der Waals surface area contributed by atoms with Gasteiger partial charge in [0, 0.05) is 25.2 Å². The molecule has 2 aliphatic heterocycles. The Kier molecular flexibility index (Phi) is 3.24. The lowest BCUT2D eigenvalue weighted by atomic mass is 9.88. The predicted molar refractivity (Wildman–Crippen MR) is 139 cm³/mol. The number of benzene rings is 3. The van der Waals surface area contributed by atoms with Crippen molar-refractivity contribution in [2.45, 2.75) is 25.7 Å². The Labute approximate surface area is 203 Å². The number of hydrogen-bond acceptors (Lipinski definition) is 3. The van der Waals surface area contributed by atoms with E-state index in [0.717, 1.165) is 25.7 Å². The van der Waals surface area contributed by atoms with Gasteiger partial charge < -0.3 is 4.90 Å². The van der Waals surface area contributed by atoms with Crippen molar-refractivity contribution < 1.29 is 0 Å². The van der Waals surface area contributed by atoms with Crippen molar-refractivity contribution in [1.29, 1.82) is 0 Å². The predicted octanol–water partition coefficient (Wildman–Crippen LogP) is 6.90. The SMILES string of the molecule is c1ccc2c(c1)Cc1cc3c(cc1-2)Cc1cc2c(cc1-3)N1c3cnccc3Cc3ccnc(c31)C2. The highest BCUT2D eigenvalue weighted by molar-refractivity contribution is 5.93. The molecule has 35 heavy (non-hydrogen) atoms. The number of anilines is 3. The summed E-state index contributed by atoms with van der Waals surface area (Å²) in [6.45, 7) is 0. The van der Waals surface area contributed by atoms with Crippen molar-refractivity contribution in [3.63, 3.8) is 0 Å². The van der Waals surface area contributed by atoms with E-state index < -0.39 is 0 Å². The van der Waals surface area contributed by atoms with Gasteiger partial charge in [0.05, 0.1) is 29.0 Å². The average molecular weight is 448 g/mol. The molecule has 0 radical (unpaired) electrons. The van der Waals surface area contributed by atoms with Crippen LogP contribution in [0.3, 0.4) is 0 Å². The maximum Gasteiger partial charge on any atom is 0.0716 e. The van der Waals surface area contributed by atoms with Crippen LogP contribution in [-0.2, 0) is 25.7 Å². The molecule has 3 nitrogen and oxygen atoms in total. The van der Waals surface area contributed by atoms with Gasteiger partial charge in [-0.25, -0.2) is 0 Å². The molecule has 3 heteroatoms. The molecule has 0 bridgehead atoms. The van der Waals surface area contributed by atoms with Crippen LogP contribution in [0.25, 0.3) is 22.3 Å². The highest BCUT2D eigenvalue weighted by Crippen LogP contribution is 2.52. The van der Waals surface area contributed by atoms with Crippen LogP contribution in [-0.4, -0.2) is 9.97 Å². The van der Waals surface area contributed by atoms with Crippen LogP contribution in [0.2, 0.25) is 0 Å². The van der Waals surface area contributed by atoms with Crippen molar-refractivity contribution >= 4 is 17.1 Å². The molecule has 0 saturated heterocycles. The molecule has 0 unspecified atom stereocenters. The minimum atomic E-state index is 0.887. The van der Waals surface area contributed by atoms with Crippen molar-refractivity contribution in [1.82, 2.24) is 9.97 Å². The Bertz CT molecular complexity index is 1760. The minimum absolute atomic E-state index is 0.887. The number of fused-ring (bicyclic) bond motifs is 10. The lowest BCUT2D eigenvalue weighted by Gasteiger charge is -2.38. The molecule has 0 amide bonds. The van der Waals surface area contributed by atoms with Gasteiger partial charge in [-0.2, -0.15) is 0 Å². The van der Waals surface area contributed by atoms with Crippen molar-refractivity contribution in [2.75, 3.05) is 4.90 Å². The molecule has 0 spiro atoms. The number of rotatable bonds is 0. The maximum atomic E-state index is 4.82. The average Bonchev–Trinajstić information content (AvgIpc) is 3.42. The van der Waals surface area contributed by atoms with Crippen LogP contribution >= 0.6 is 0 Å². The van der Waals surface area contributed by atoms with Crippen LogP contribution in [0.15, 0.2) is 79.3 Å². The molecule has 0 saturated carbocycles. The van der Waals surface area contributed by atoms with Crippen LogP contribution in [0.1, 0.15) is 44.6 Å². The Hall–Kier alpha value is -4.24. The molecular formula is C32H21N3. The van der Waals surface area contributed by atoms with E-state index >= 15 is 0 Å². The van der Waals surface area contributed by atoms with Gasteiger partial charge in [-0.1, -0.05) is 30.3 Å². The largest absolute Gasteiger partial charge is 0.306 e. The summed E-state index contributed by atoms with van der Waals surface area (Å²) in [6.07, 6.45) is 9.78. The summed E-state index contributed by atoms with van der Waals surface area (Å²) < 4.78 is 0. The quantitative estimate of drug-likeness (QED) is 0.253. The van der Waals surface area contributed by atoms with Crippen LogP contribution < -0.4 is 4.90 Å². The van der Waals surface area contributed by atoms with Gasteiger partial charge in [0.25, 0.3) is 0 Å². The number of pyridine rings is 2. The maximum absolute atomic E-state index is 4.82. The normalized spacial score (nSPS) is 14.9. The third kappa shape index (κ3) is 2.30. The fourth-order valence-electron chi connectivity index (χ4n) is 6.87. The summed E-state index contributed by atoms with van der Waals surface area (Å²) in [5, 5.41) is 0. The zero-order valence-electron chi connectivity index (χ0n) is 19.2. The second kappa shape index (κ2) is 6.25. The van der Waals surface area contributed by atoms with E-state index in [1.165, 1.54) is 84.0 Å². The van der Waals surface area contributed by atoms with Crippen molar-refractivity contribution in [3.05, 3.63) is 124 Å². The van der Waals surface area contributed by atoms with E-state index in [0.29, 0.717) is 0 Å². The van der Waals surface area contributed by atoms with E-state index in [1.807, 2.05) is 18.6 Å². The molecule has 4 heterocycles. The highest BCUT2D eigenvalue weighted by Gasteiger charge is 2.34. The van der Waals surface area contributed by atoms with Gasteiger partial charge in [-0.3, -0.25) is 9.97 Å². The summed E-state index contributed by atoms with van der Waals surface area (Å²) in [7, 11) is 0. The topological polar surface area (TPSA) is 29.0 Å². The van der Waals surface area contributed by atoms with Crippen molar-refractivity contribution in [3.8, 4) is 22.3 Å². The van der Waals surface area contributed by atoms with E-state index in [-0.39, 0.29) is 0 Å². The third-order valence-corrected chi connectivity index (χ3v) is 8.41. The first-order valence-corrected chi connectivity index (χ1v) is 12.4. The zero-order chi connectivity index (χ0) is 22.7. The molecule has 164 valence electrons. The lowest BCUT2D eigenvalue weighted by Crippen LogP contribution is -2.25. The first-order chi connectivity index (χ1) is 17.3. The second-order valence-electron chi connectivity index (χ2n) is 10.3. The zero-order valence-corrected chi connectivity index (χ0v) is 19.2. The Morgan fingerprint density at radius 3 is 2.23 bits per heavy atom. The summed E-state index contributed by atoms with van der Waals surface area (Å²) in [6, 6.07) is 23.1. The smallest absolute Gasteiger partial charge is 0.0716 e. The summed E-state index contributed by atoms with van der Waals surface area (Å²) >= 11 is 0. The molecular weight excluding hydrogens is 426 g/mol. The first-order valence-electron chi connectivity index (χ1n) is 12.4. The van der Waals surface area contributed by atoms with Gasteiger partial charge in [0.15, 0.2) is 0 Å². The van der Waals surface area contributed by atoms with Crippen LogP contribution in [0, 0.1) is 0 Å².